The van der Waals surface area contributed by atoms with Crippen molar-refractivity contribution in [2.75, 3.05) is 18.5 Å². The first-order valence-electron chi connectivity index (χ1n) is 8.30. The standard InChI is InChI=1S/C19H18F2N2O3/c20-12-7-8-14(16(21)10-12)19(25)23-17-6-2-1-5-15(17)18(24)22-11-13-4-3-9-26-13/h1-2,5-8,10,13H,3-4,9,11H2,(H,22,24)(H,23,25)/t13-/m0/s1. The second-order valence-corrected chi connectivity index (χ2v) is 5.97. The Morgan fingerprint density at radius 3 is 2.62 bits per heavy atom. The fraction of sp³-hybridized carbons (Fsp3) is 0.263. The average Bonchev–Trinajstić information content (AvgIpc) is 3.13. The number of hydrogen-bond donors (Lipinski definition) is 2. The molecular weight excluding hydrogens is 342 g/mol. The van der Waals surface area contributed by atoms with Gasteiger partial charge in [0, 0.05) is 19.2 Å². The number of carbonyl (C=O) groups is 2. The summed E-state index contributed by atoms with van der Waals surface area (Å²) in [5.41, 5.74) is 0.188. The van der Waals surface area contributed by atoms with Gasteiger partial charge in [-0.15, -0.1) is 0 Å². The molecule has 2 amide bonds. The summed E-state index contributed by atoms with van der Waals surface area (Å²) in [5.74, 6) is -2.87. The number of para-hydroxylation sites is 1. The van der Waals surface area contributed by atoms with E-state index in [1.807, 2.05) is 0 Å². The van der Waals surface area contributed by atoms with Crippen LogP contribution in [0.25, 0.3) is 0 Å². The molecule has 0 aliphatic carbocycles. The minimum Gasteiger partial charge on any atom is -0.376 e. The Hall–Kier alpha value is -2.80. The summed E-state index contributed by atoms with van der Waals surface area (Å²) in [6, 6.07) is 9.10. The van der Waals surface area contributed by atoms with Crippen LogP contribution in [0.5, 0.6) is 0 Å². The molecule has 2 aromatic rings. The third-order valence-electron chi connectivity index (χ3n) is 4.11. The number of anilines is 1. The van der Waals surface area contributed by atoms with Crippen LogP contribution >= 0.6 is 0 Å². The van der Waals surface area contributed by atoms with Crippen LogP contribution in [-0.4, -0.2) is 31.1 Å². The number of hydrogen-bond acceptors (Lipinski definition) is 3. The summed E-state index contributed by atoms with van der Waals surface area (Å²) in [4.78, 5) is 24.7. The Balaban J connectivity index is 1.71. The molecule has 2 N–H and O–H groups in total. The van der Waals surface area contributed by atoms with Crippen molar-refractivity contribution in [2.24, 2.45) is 0 Å². The van der Waals surface area contributed by atoms with E-state index in [2.05, 4.69) is 10.6 Å². The molecule has 26 heavy (non-hydrogen) atoms. The molecule has 5 nitrogen and oxygen atoms in total. The zero-order valence-electron chi connectivity index (χ0n) is 13.9. The summed E-state index contributed by atoms with van der Waals surface area (Å²) in [5, 5.41) is 5.28. The average molecular weight is 360 g/mol. The summed E-state index contributed by atoms with van der Waals surface area (Å²) in [6.07, 6.45) is 1.85. The minimum absolute atomic E-state index is 0.00554. The first-order valence-corrected chi connectivity index (χ1v) is 8.30. The number of benzene rings is 2. The fourth-order valence-corrected chi connectivity index (χ4v) is 2.76. The third kappa shape index (κ3) is 4.23. The number of rotatable bonds is 5. The lowest BCUT2D eigenvalue weighted by atomic mass is 10.1. The van der Waals surface area contributed by atoms with E-state index in [-0.39, 0.29) is 28.8 Å². The predicted molar refractivity (Wildman–Crippen MR) is 92.1 cm³/mol. The number of ether oxygens (including phenoxy) is 1. The molecule has 3 rings (SSSR count). The van der Waals surface area contributed by atoms with Gasteiger partial charge in [0.25, 0.3) is 11.8 Å². The Labute approximate surface area is 149 Å². The first-order chi connectivity index (χ1) is 12.5. The van der Waals surface area contributed by atoms with E-state index in [1.54, 1.807) is 24.3 Å². The highest BCUT2D eigenvalue weighted by molar-refractivity contribution is 6.09. The van der Waals surface area contributed by atoms with Crippen molar-refractivity contribution in [3.63, 3.8) is 0 Å². The van der Waals surface area contributed by atoms with Crippen molar-refractivity contribution >= 4 is 17.5 Å². The first kappa shape index (κ1) is 18.0. The van der Waals surface area contributed by atoms with Gasteiger partial charge in [-0.05, 0) is 37.1 Å². The van der Waals surface area contributed by atoms with Crippen molar-refractivity contribution in [1.82, 2.24) is 5.32 Å². The van der Waals surface area contributed by atoms with E-state index >= 15 is 0 Å². The Bertz CT molecular complexity index is 820. The van der Waals surface area contributed by atoms with Crippen LogP contribution in [0.2, 0.25) is 0 Å². The maximum atomic E-state index is 13.8. The molecule has 0 radical (unpaired) electrons. The maximum absolute atomic E-state index is 13.8. The lowest BCUT2D eigenvalue weighted by Crippen LogP contribution is -2.32. The van der Waals surface area contributed by atoms with Gasteiger partial charge in [0.15, 0.2) is 0 Å². The summed E-state index contributed by atoms with van der Waals surface area (Å²) >= 11 is 0. The van der Waals surface area contributed by atoms with E-state index in [0.29, 0.717) is 19.2 Å². The number of amides is 2. The molecule has 0 spiro atoms. The Morgan fingerprint density at radius 1 is 1.08 bits per heavy atom. The molecule has 2 aromatic carbocycles. The van der Waals surface area contributed by atoms with Crippen LogP contribution in [0.1, 0.15) is 33.6 Å². The normalized spacial score (nSPS) is 16.3. The van der Waals surface area contributed by atoms with Crippen molar-refractivity contribution in [3.05, 3.63) is 65.2 Å². The summed E-state index contributed by atoms with van der Waals surface area (Å²) < 4.78 is 32.2. The molecule has 0 unspecified atom stereocenters. The lowest BCUT2D eigenvalue weighted by Gasteiger charge is -2.14. The molecule has 136 valence electrons. The van der Waals surface area contributed by atoms with Crippen LogP contribution in [0.15, 0.2) is 42.5 Å². The van der Waals surface area contributed by atoms with Gasteiger partial charge in [-0.2, -0.15) is 0 Å². The highest BCUT2D eigenvalue weighted by atomic mass is 19.1. The van der Waals surface area contributed by atoms with Crippen LogP contribution < -0.4 is 10.6 Å². The van der Waals surface area contributed by atoms with Gasteiger partial charge in [0.2, 0.25) is 0 Å². The number of nitrogens with one attached hydrogen (secondary N) is 2. The van der Waals surface area contributed by atoms with Gasteiger partial charge in [0.1, 0.15) is 11.6 Å². The van der Waals surface area contributed by atoms with Gasteiger partial charge >= 0.3 is 0 Å². The molecule has 7 heteroatoms. The topological polar surface area (TPSA) is 67.4 Å². The largest absolute Gasteiger partial charge is 0.376 e. The fourth-order valence-electron chi connectivity index (χ4n) is 2.76. The summed E-state index contributed by atoms with van der Waals surface area (Å²) in [7, 11) is 0. The van der Waals surface area contributed by atoms with Crippen LogP contribution in [0.4, 0.5) is 14.5 Å². The zero-order valence-corrected chi connectivity index (χ0v) is 13.9. The van der Waals surface area contributed by atoms with Gasteiger partial charge in [-0.3, -0.25) is 9.59 Å². The Morgan fingerprint density at radius 2 is 1.88 bits per heavy atom. The molecule has 1 aliphatic heterocycles. The van der Waals surface area contributed by atoms with E-state index in [9.17, 15) is 18.4 Å². The monoisotopic (exact) mass is 360 g/mol. The van der Waals surface area contributed by atoms with Crippen LogP contribution in [-0.2, 0) is 4.74 Å². The van der Waals surface area contributed by atoms with Gasteiger partial charge < -0.3 is 15.4 Å². The van der Waals surface area contributed by atoms with E-state index in [4.69, 9.17) is 4.74 Å². The highest BCUT2D eigenvalue weighted by Crippen LogP contribution is 2.18. The molecule has 0 aromatic heterocycles. The Kier molecular flexibility index (Phi) is 5.58. The quantitative estimate of drug-likeness (QED) is 0.861. The molecule has 0 saturated carbocycles. The molecule has 0 bridgehead atoms. The minimum atomic E-state index is -0.970. The number of carbonyl (C=O) groups excluding carboxylic acids is 2. The number of halogens is 2. The third-order valence-corrected chi connectivity index (χ3v) is 4.11. The van der Waals surface area contributed by atoms with E-state index < -0.39 is 17.5 Å². The van der Waals surface area contributed by atoms with E-state index in [0.717, 1.165) is 25.0 Å². The predicted octanol–water partition coefficient (Wildman–Crippen LogP) is 3.13. The van der Waals surface area contributed by atoms with Crippen LogP contribution in [0, 0.1) is 11.6 Å². The van der Waals surface area contributed by atoms with Crippen molar-refractivity contribution in [2.45, 2.75) is 18.9 Å². The van der Waals surface area contributed by atoms with Crippen molar-refractivity contribution < 1.29 is 23.1 Å². The molecule has 1 aliphatic rings. The van der Waals surface area contributed by atoms with Crippen LogP contribution in [0.3, 0.4) is 0 Å². The van der Waals surface area contributed by atoms with Crippen molar-refractivity contribution in [3.8, 4) is 0 Å². The molecular formula is C19H18F2N2O3. The van der Waals surface area contributed by atoms with Crippen molar-refractivity contribution in [1.29, 1.82) is 0 Å². The van der Waals surface area contributed by atoms with E-state index in [1.165, 1.54) is 0 Å². The van der Waals surface area contributed by atoms with Gasteiger partial charge in [0.05, 0.1) is 22.9 Å². The molecule has 1 heterocycles. The highest BCUT2D eigenvalue weighted by Gasteiger charge is 2.19. The van der Waals surface area contributed by atoms with Gasteiger partial charge in [-0.1, -0.05) is 12.1 Å². The molecule has 1 fully saturated rings. The second-order valence-electron chi connectivity index (χ2n) is 5.97. The smallest absolute Gasteiger partial charge is 0.258 e. The zero-order chi connectivity index (χ0) is 18.5. The van der Waals surface area contributed by atoms with Gasteiger partial charge in [-0.25, -0.2) is 8.78 Å². The second kappa shape index (κ2) is 8.05. The molecule has 1 saturated heterocycles. The lowest BCUT2D eigenvalue weighted by molar-refractivity contribution is 0.0858. The summed E-state index contributed by atoms with van der Waals surface area (Å²) in [6.45, 7) is 1.07. The maximum Gasteiger partial charge on any atom is 0.258 e. The molecule has 1 atom stereocenters. The SMILES string of the molecule is O=C(Nc1ccccc1C(=O)NC[C@@H]1CCCO1)c1ccc(F)cc1F.